The van der Waals surface area contributed by atoms with Crippen molar-refractivity contribution in [2.24, 2.45) is 5.92 Å². The Morgan fingerprint density at radius 2 is 1.64 bits per heavy atom. The number of rotatable bonds is 13. The summed E-state index contributed by atoms with van der Waals surface area (Å²) in [5.41, 5.74) is -0.117. The molecule has 0 radical (unpaired) electrons. The highest BCUT2D eigenvalue weighted by atomic mass is 16.6. The Kier molecular flexibility index (Phi) is 12.8. The zero-order valence-corrected chi connectivity index (χ0v) is 23.4. The second-order valence-electron chi connectivity index (χ2n) is 10.8. The summed E-state index contributed by atoms with van der Waals surface area (Å²) in [6.07, 6.45) is 3.21. The number of unbranched alkanes of at least 4 members (excludes halogenated alkanes) is 2. The molecule has 8 heteroatoms. The van der Waals surface area contributed by atoms with Crippen molar-refractivity contribution in [3.8, 4) is 5.75 Å². The number of carbonyl (C=O) groups excluding carboxylic acids is 3. The molecule has 36 heavy (non-hydrogen) atoms. The molecule has 3 atom stereocenters. The van der Waals surface area contributed by atoms with Gasteiger partial charge in [0.05, 0.1) is 0 Å². The van der Waals surface area contributed by atoms with Gasteiger partial charge in [0.25, 0.3) is 0 Å². The number of phenolic OH excluding ortho intramolecular Hbond substituents is 1. The van der Waals surface area contributed by atoms with Crippen LogP contribution in [0, 0.1) is 5.92 Å². The van der Waals surface area contributed by atoms with Gasteiger partial charge < -0.3 is 25.4 Å². The summed E-state index contributed by atoms with van der Waals surface area (Å²) in [5, 5.41) is 15.6. The summed E-state index contributed by atoms with van der Waals surface area (Å²) in [6, 6.07) is 4.28. The van der Waals surface area contributed by atoms with Crippen molar-refractivity contribution < 1.29 is 24.2 Å². The second-order valence-corrected chi connectivity index (χ2v) is 10.8. The molecule has 3 N–H and O–H groups in total. The van der Waals surface area contributed by atoms with Crippen molar-refractivity contribution in [2.75, 3.05) is 6.54 Å². The minimum absolute atomic E-state index is 0.0755. The fourth-order valence-corrected chi connectivity index (χ4v) is 3.90. The average Bonchev–Trinajstić information content (AvgIpc) is 2.78. The van der Waals surface area contributed by atoms with Gasteiger partial charge in [0.15, 0.2) is 0 Å². The van der Waals surface area contributed by atoms with Crippen molar-refractivity contribution in [2.45, 2.75) is 111 Å². The Balaban J connectivity index is 3.43. The molecule has 0 saturated heterocycles. The lowest BCUT2D eigenvalue weighted by Crippen LogP contribution is -2.55. The lowest BCUT2D eigenvalue weighted by molar-refractivity contribution is -0.145. The first-order valence-corrected chi connectivity index (χ1v) is 13.2. The van der Waals surface area contributed by atoms with Gasteiger partial charge in [-0.15, -0.1) is 0 Å². The molecule has 1 aromatic rings. The number of hydrogen-bond donors (Lipinski definition) is 3. The molecule has 3 unspecified atom stereocenters. The van der Waals surface area contributed by atoms with Gasteiger partial charge in [0, 0.05) is 12.6 Å². The van der Waals surface area contributed by atoms with E-state index in [4.69, 9.17) is 4.74 Å². The highest BCUT2D eigenvalue weighted by molar-refractivity contribution is 5.92. The smallest absolute Gasteiger partial charge is 0.408 e. The van der Waals surface area contributed by atoms with Gasteiger partial charge >= 0.3 is 6.09 Å². The van der Waals surface area contributed by atoms with Crippen molar-refractivity contribution in [1.29, 1.82) is 0 Å². The van der Waals surface area contributed by atoms with Crippen LogP contribution in [0.4, 0.5) is 4.79 Å². The number of phenols is 1. The van der Waals surface area contributed by atoms with Gasteiger partial charge in [-0.25, -0.2) is 4.79 Å². The third-order valence-corrected chi connectivity index (χ3v) is 5.83. The van der Waals surface area contributed by atoms with Crippen LogP contribution in [0.1, 0.15) is 99.1 Å². The van der Waals surface area contributed by atoms with Gasteiger partial charge in [0.2, 0.25) is 11.8 Å². The topological polar surface area (TPSA) is 108 Å². The summed E-state index contributed by atoms with van der Waals surface area (Å²) in [4.78, 5) is 41.8. The molecule has 0 bridgehead atoms. The van der Waals surface area contributed by atoms with Gasteiger partial charge in [-0.3, -0.25) is 9.59 Å². The lowest BCUT2D eigenvalue weighted by atomic mass is 9.97. The Labute approximate surface area is 217 Å². The first-order chi connectivity index (χ1) is 16.8. The Morgan fingerprint density at radius 1 is 1.03 bits per heavy atom. The Hall–Kier alpha value is -2.77. The van der Waals surface area contributed by atoms with Crippen LogP contribution < -0.4 is 10.6 Å². The van der Waals surface area contributed by atoms with Crippen LogP contribution in [-0.4, -0.2) is 52.1 Å². The van der Waals surface area contributed by atoms with E-state index in [1.807, 2.05) is 27.7 Å². The largest absolute Gasteiger partial charge is 0.508 e. The molecule has 1 rings (SSSR count). The Morgan fingerprint density at radius 3 is 2.14 bits per heavy atom. The SMILES string of the molecule is CCCCCNC(=O)C(c1ccc(O)cc1)N(C(=O)C(CC(C)C)NC(=O)OC(C)(C)C)C(C)CC. The van der Waals surface area contributed by atoms with E-state index in [0.717, 1.165) is 19.3 Å². The lowest BCUT2D eigenvalue weighted by Gasteiger charge is -2.38. The second kappa shape index (κ2) is 14.7. The summed E-state index contributed by atoms with van der Waals surface area (Å²) >= 11 is 0. The molecule has 8 nitrogen and oxygen atoms in total. The summed E-state index contributed by atoms with van der Waals surface area (Å²) in [5.74, 6) is -0.439. The van der Waals surface area contributed by atoms with Gasteiger partial charge in [-0.05, 0) is 70.6 Å². The highest BCUT2D eigenvalue weighted by Gasteiger charge is 2.38. The standard InChI is InChI=1S/C28H47N3O5/c1-9-11-12-17-29-25(33)24(21-13-15-22(32)16-14-21)31(20(5)10-2)26(34)23(18-19(3)4)30-27(35)36-28(6,7)8/h13-16,19-20,23-24,32H,9-12,17-18H2,1-8H3,(H,29,33)(H,30,35). The molecule has 1 aromatic carbocycles. The van der Waals surface area contributed by atoms with Crippen molar-refractivity contribution >= 4 is 17.9 Å². The predicted molar refractivity (Wildman–Crippen MR) is 143 cm³/mol. The van der Waals surface area contributed by atoms with Crippen LogP contribution in [0.15, 0.2) is 24.3 Å². The minimum atomic E-state index is -0.912. The van der Waals surface area contributed by atoms with E-state index in [1.54, 1.807) is 37.8 Å². The van der Waals surface area contributed by atoms with E-state index in [0.29, 0.717) is 24.9 Å². The number of nitrogens with one attached hydrogen (secondary N) is 2. The molecule has 0 fully saturated rings. The molecule has 0 saturated carbocycles. The molecule has 204 valence electrons. The third kappa shape index (κ3) is 10.5. The summed E-state index contributed by atoms with van der Waals surface area (Å²) in [6.45, 7) is 15.7. The van der Waals surface area contributed by atoms with Crippen LogP contribution in [0.25, 0.3) is 0 Å². The van der Waals surface area contributed by atoms with Crippen LogP contribution in [0.2, 0.25) is 0 Å². The number of aromatic hydroxyl groups is 1. The van der Waals surface area contributed by atoms with E-state index >= 15 is 0 Å². The molecular formula is C28H47N3O5. The zero-order chi connectivity index (χ0) is 27.5. The summed E-state index contributed by atoms with van der Waals surface area (Å²) < 4.78 is 5.42. The number of amides is 3. The maximum absolute atomic E-state index is 14.1. The first kappa shape index (κ1) is 31.3. The molecule has 0 aliphatic heterocycles. The van der Waals surface area contributed by atoms with E-state index in [2.05, 4.69) is 17.6 Å². The van der Waals surface area contributed by atoms with Gasteiger partial charge in [-0.1, -0.05) is 52.7 Å². The monoisotopic (exact) mass is 505 g/mol. The van der Waals surface area contributed by atoms with E-state index in [9.17, 15) is 19.5 Å². The number of nitrogens with zero attached hydrogens (tertiary/aromatic N) is 1. The Bertz CT molecular complexity index is 833. The van der Waals surface area contributed by atoms with E-state index < -0.39 is 23.8 Å². The molecular weight excluding hydrogens is 458 g/mol. The van der Waals surface area contributed by atoms with E-state index in [-0.39, 0.29) is 29.5 Å². The molecule has 0 aliphatic rings. The first-order valence-electron chi connectivity index (χ1n) is 13.2. The minimum Gasteiger partial charge on any atom is -0.508 e. The zero-order valence-electron chi connectivity index (χ0n) is 23.4. The number of carbonyl (C=O) groups is 3. The highest BCUT2D eigenvalue weighted by Crippen LogP contribution is 2.28. The molecule has 0 spiro atoms. The average molecular weight is 506 g/mol. The maximum Gasteiger partial charge on any atom is 0.408 e. The van der Waals surface area contributed by atoms with Crippen LogP contribution in [0.3, 0.4) is 0 Å². The quantitative estimate of drug-likeness (QED) is 0.315. The fraction of sp³-hybridized carbons (Fsp3) is 0.679. The van der Waals surface area contributed by atoms with Gasteiger partial charge in [-0.2, -0.15) is 0 Å². The number of hydrogen-bond acceptors (Lipinski definition) is 5. The third-order valence-electron chi connectivity index (χ3n) is 5.83. The van der Waals surface area contributed by atoms with Crippen molar-refractivity contribution in [1.82, 2.24) is 15.5 Å². The van der Waals surface area contributed by atoms with Crippen LogP contribution in [-0.2, 0) is 14.3 Å². The molecule has 0 aromatic heterocycles. The maximum atomic E-state index is 14.1. The summed E-state index contributed by atoms with van der Waals surface area (Å²) in [7, 11) is 0. The van der Waals surface area contributed by atoms with E-state index in [1.165, 1.54) is 12.1 Å². The molecule has 3 amide bonds. The van der Waals surface area contributed by atoms with Gasteiger partial charge in [0.1, 0.15) is 23.4 Å². The molecule has 0 heterocycles. The van der Waals surface area contributed by atoms with Crippen LogP contribution in [0.5, 0.6) is 5.75 Å². The number of ether oxygens (including phenoxy) is 1. The van der Waals surface area contributed by atoms with Crippen molar-refractivity contribution in [3.05, 3.63) is 29.8 Å². The normalized spacial score (nSPS) is 14.0. The molecule has 0 aliphatic carbocycles. The number of benzene rings is 1. The predicted octanol–water partition coefficient (Wildman–Crippen LogP) is 5.31. The fourth-order valence-electron chi connectivity index (χ4n) is 3.90. The van der Waals surface area contributed by atoms with Crippen molar-refractivity contribution in [3.63, 3.8) is 0 Å². The number of alkyl carbamates (subject to hydrolysis) is 1. The van der Waals surface area contributed by atoms with Crippen LogP contribution >= 0.6 is 0 Å².